The van der Waals surface area contributed by atoms with E-state index in [0.717, 1.165) is 0 Å². The van der Waals surface area contributed by atoms with E-state index in [1.165, 1.54) is 0 Å². The van der Waals surface area contributed by atoms with Crippen LogP contribution >= 0.6 is 12.2 Å². The standard InChI is InChI=1S/C13H15N3O3S/c1-2-7-14-13(20)16-15-12(17)11-8-18-9-5-3-4-6-10(9)19-11/h2-6,11H,1,7-8H2,(H,15,17)(H2,14,16,20). The van der Waals surface area contributed by atoms with Crippen molar-refractivity contribution in [1.29, 1.82) is 0 Å². The highest BCUT2D eigenvalue weighted by molar-refractivity contribution is 7.80. The van der Waals surface area contributed by atoms with Crippen LogP contribution in [-0.2, 0) is 4.79 Å². The van der Waals surface area contributed by atoms with Crippen molar-refractivity contribution in [1.82, 2.24) is 16.2 Å². The lowest BCUT2D eigenvalue weighted by Crippen LogP contribution is -2.53. The van der Waals surface area contributed by atoms with Crippen LogP contribution in [0, 0.1) is 0 Å². The van der Waals surface area contributed by atoms with E-state index in [4.69, 9.17) is 21.7 Å². The molecule has 0 aliphatic carbocycles. The van der Waals surface area contributed by atoms with Crippen molar-refractivity contribution in [3.8, 4) is 11.5 Å². The van der Waals surface area contributed by atoms with Crippen LogP contribution in [0.15, 0.2) is 36.9 Å². The molecule has 1 heterocycles. The first-order valence-corrected chi connectivity index (χ1v) is 6.44. The van der Waals surface area contributed by atoms with Crippen molar-refractivity contribution < 1.29 is 14.3 Å². The molecule has 0 saturated carbocycles. The largest absolute Gasteiger partial charge is 0.485 e. The number of carbonyl (C=O) groups excluding carboxylic acids is 1. The Morgan fingerprint density at radius 1 is 1.40 bits per heavy atom. The highest BCUT2D eigenvalue weighted by Gasteiger charge is 2.27. The van der Waals surface area contributed by atoms with Gasteiger partial charge in [0.25, 0.3) is 5.91 Å². The Balaban J connectivity index is 1.83. The van der Waals surface area contributed by atoms with Crippen LogP contribution in [0.2, 0.25) is 0 Å². The second-order valence-electron chi connectivity index (χ2n) is 3.98. The Morgan fingerprint density at radius 2 is 2.15 bits per heavy atom. The van der Waals surface area contributed by atoms with Crippen LogP contribution in [0.25, 0.3) is 0 Å². The van der Waals surface area contributed by atoms with Gasteiger partial charge in [-0.3, -0.25) is 15.6 Å². The minimum atomic E-state index is -0.723. The summed E-state index contributed by atoms with van der Waals surface area (Å²) >= 11 is 4.95. The summed E-state index contributed by atoms with van der Waals surface area (Å²) in [5, 5.41) is 3.12. The van der Waals surface area contributed by atoms with E-state index in [2.05, 4.69) is 22.7 Å². The third-order valence-corrected chi connectivity index (χ3v) is 2.75. The van der Waals surface area contributed by atoms with Crippen molar-refractivity contribution in [3.63, 3.8) is 0 Å². The van der Waals surface area contributed by atoms with Crippen LogP contribution in [0.5, 0.6) is 11.5 Å². The van der Waals surface area contributed by atoms with E-state index in [0.29, 0.717) is 23.2 Å². The predicted octanol–water partition coefficient (Wildman–Crippen LogP) is 0.508. The zero-order valence-corrected chi connectivity index (χ0v) is 11.5. The number of fused-ring (bicyclic) bond motifs is 1. The molecule has 7 heteroatoms. The minimum Gasteiger partial charge on any atom is -0.485 e. The number of ether oxygens (including phenoxy) is 2. The lowest BCUT2D eigenvalue weighted by molar-refractivity contribution is -0.130. The number of amides is 1. The smallest absolute Gasteiger partial charge is 0.283 e. The van der Waals surface area contributed by atoms with Crippen LogP contribution in [0.3, 0.4) is 0 Å². The van der Waals surface area contributed by atoms with Gasteiger partial charge in [0, 0.05) is 6.54 Å². The van der Waals surface area contributed by atoms with Gasteiger partial charge in [0.05, 0.1) is 0 Å². The van der Waals surface area contributed by atoms with E-state index in [1.807, 2.05) is 12.1 Å². The fourth-order valence-electron chi connectivity index (χ4n) is 1.56. The number of hydrogen-bond acceptors (Lipinski definition) is 4. The van der Waals surface area contributed by atoms with Gasteiger partial charge in [-0.05, 0) is 24.4 Å². The van der Waals surface area contributed by atoms with Gasteiger partial charge in [-0.25, -0.2) is 0 Å². The summed E-state index contributed by atoms with van der Waals surface area (Å²) < 4.78 is 11.0. The number of thiocarbonyl (C=S) groups is 1. The summed E-state index contributed by atoms with van der Waals surface area (Å²) in [6.07, 6.45) is 0.935. The second kappa shape index (κ2) is 6.76. The van der Waals surface area contributed by atoms with Gasteiger partial charge in [0.15, 0.2) is 16.6 Å². The molecule has 106 valence electrons. The van der Waals surface area contributed by atoms with Gasteiger partial charge in [-0.1, -0.05) is 18.2 Å². The number of hydrogen-bond donors (Lipinski definition) is 3. The van der Waals surface area contributed by atoms with Crippen LogP contribution in [0.1, 0.15) is 0 Å². The number of carbonyl (C=O) groups is 1. The minimum absolute atomic E-state index is 0.150. The number of benzene rings is 1. The van der Waals surface area contributed by atoms with Crippen molar-refractivity contribution in [2.75, 3.05) is 13.2 Å². The van der Waals surface area contributed by atoms with Gasteiger partial charge in [-0.15, -0.1) is 6.58 Å². The summed E-state index contributed by atoms with van der Waals surface area (Å²) in [5.41, 5.74) is 5.04. The van der Waals surface area contributed by atoms with Crippen molar-refractivity contribution in [2.45, 2.75) is 6.10 Å². The summed E-state index contributed by atoms with van der Waals surface area (Å²) in [5.74, 6) is 0.821. The summed E-state index contributed by atoms with van der Waals surface area (Å²) in [6.45, 7) is 4.21. The van der Waals surface area contributed by atoms with Crippen molar-refractivity contribution in [3.05, 3.63) is 36.9 Å². The molecule has 2 rings (SSSR count). The van der Waals surface area contributed by atoms with Crippen molar-refractivity contribution in [2.24, 2.45) is 0 Å². The molecule has 6 nitrogen and oxygen atoms in total. The predicted molar refractivity (Wildman–Crippen MR) is 78.4 cm³/mol. The lowest BCUT2D eigenvalue weighted by atomic mass is 10.2. The average molecular weight is 293 g/mol. The fraction of sp³-hybridized carbons (Fsp3) is 0.231. The molecule has 1 unspecified atom stereocenters. The van der Waals surface area contributed by atoms with Gasteiger partial charge in [0.1, 0.15) is 6.61 Å². The fourth-order valence-corrected chi connectivity index (χ4v) is 1.69. The zero-order valence-electron chi connectivity index (χ0n) is 10.7. The molecule has 0 radical (unpaired) electrons. The Morgan fingerprint density at radius 3 is 2.90 bits per heavy atom. The van der Waals surface area contributed by atoms with Gasteiger partial charge < -0.3 is 14.8 Å². The molecule has 1 aromatic carbocycles. The number of rotatable bonds is 3. The molecule has 0 spiro atoms. The number of nitrogens with one attached hydrogen (secondary N) is 3. The third-order valence-electron chi connectivity index (χ3n) is 2.51. The van der Waals surface area contributed by atoms with Gasteiger partial charge >= 0.3 is 0 Å². The second-order valence-corrected chi connectivity index (χ2v) is 4.39. The Kier molecular flexibility index (Phi) is 4.78. The molecule has 1 amide bonds. The van der Waals surface area contributed by atoms with E-state index < -0.39 is 6.10 Å². The quantitative estimate of drug-likeness (QED) is 0.428. The van der Waals surface area contributed by atoms with E-state index in [1.54, 1.807) is 18.2 Å². The van der Waals surface area contributed by atoms with Crippen LogP contribution in [0.4, 0.5) is 0 Å². The molecule has 1 aromatic rings. The number of hydrazine groups is 1. The average Bonchev–Trinajstić information content (AvgIpc) is 2.50. The molecule has 0 aromatic heterocycles. The molecule has 1 aliphatic rings. The molecule has 1 aliphatic heterocycles. The normalized spacial score (nSPS) is 15.9. The molecule has 20 heavy (non-hydrogen) atoms. The van der Waals surface area contributed by atoms with E-state index in [-0.39, 0.29) is 12.5 Å². The molecular formula is C13H15N3O3S. The SMILES string of the molecule is C=CCNC(=S)NNC(=O)C1COc2ccccc2O1. The Labute approximate surface area is 122 Å². The summed E-state index contributed by atoms with van der Waals surface area (Å²) in [7, 11) is 0. The Bertz CT molecular complexity index is 521. The van der Waals surface area contributed by atoms with Gasteiger partial charge in [0.2, 0.25) is 6.10 Å². The van der Waals surface area contributed by atoms with Crippen LogP contribution in [-0.4, -0.2) is 30.3 Å². The molecule has 1 atom stereocenters. The van der Waals surface area contributed by atoms with Gasteiger partial charge in [-0.2, -0.15) is 0 Å². The molecule has 0 saturated heterocycles. The Hall–Kier alpha value is -2.28. The first-order valence-electron chi connectivity index (χ1n) is 6.04. The highest BCUT2D eigenvalue weighted by atomic mass is 32.1. The highest BCUT2D eigenvalue weighted by Crippen LogP contribution is 2.30. The molecule has 0 bridgehead atoms. The first-order chi connectivity index (χ1) is 9.70. The first kappa shape index (κ1) is 14.1. The van der Waals surface area contributed by atoms with Crippen LogP contribution < -0.4 is 25.6 Å². The molecule has 0 fully saturated rings. The maximum Gasteiger partial charge on any atom is 0.283 e. The number of para-hydroxylation sites is 2. The van der Waals surface area contributed by atoms with E-state index >= 15 is 0 Å². The molecular weight excluding hydrogens is 278 g/mol. The maximum absolute atomic E-state index is 11.9. The van der Waals surface area contributed by atoms with Crippen molar-refractivity contribution >= 4 is 23.2 Å². The summed E-state index contributed by atoms with van der Waals surface area (Å²) in [4.78, 5) is 11.9. The lowest BCUT2D eigenvalue weighted by Gasteiger charge is -2.25. The topological polar surface area (TPSA) is 71.6 Å². The monoisotopic (exact) mass is 293 g/mol. The zero-order chi connectivity index (χ0) is 14.4. The molecule has 3 N–H and O–H groups in total. The summed E-state index contributed by atoms with van der Waals surface area (Å²) in [6, 6.07) is 7.19. The third kappa shape index (κ3) is 3.61. The van der Waals surface area contributed by atoms with E-state index in [9.17, 15) is 4.79 Å². The maximum atomic E-state index is 11.9.